The summed E-state index contributed by atoms with van der Waals surface area (Å²) < 4.78 is 23.5. The molecule has 28 heavy (non-hydrogen) atoms. The van der Waals surface area contributed by atoms with Gasteiger partial charge in [-0.05, 0) is 48.9 Å². The van der Waals surface area contributed by atoms with Crippen LogP contribution >= 0.6 is 12.4 Å². The largest absolute Gasteiger partial charge is 0.497 e. The van der Waals surface area contributed by atoms with E-state index in [1.165, 1.54) is 12.1 Å². The van der Waals surface area contributed by atoms with Crippen LogP contribution < -0.4 is 10.1 Å². The highest BCUT2D eigenvalue weighted by molar-refractivity contribution is 5.96. The summed E-state index contributed by atoms with van der Waals surface area (Å²) in [6, 6.07) is 12.6. The predicted octanol–water partition coefficient (Wildman–Crippen LogP) is 4.46. The molecule has 1 heterocycles. The van der Waals surface area contributed by atoms with Crippen LogP contribution in [-0.2, 0) is 6.54 Å². The number of aromatic carboxylic acids is 1. The molecule has 1 atom stereocenters. The molecule has 6 nitrogen and oxygen atoms in total. The van der Waals surface area contributed by atoms with Crippen LogP contribution in [0.2, 0.25) is 0 Å². The van der Waals surface area contributed by atoms with Gasteiger partial charge in [-0.25, -0.2) is 9.18 Å². The fourth-order valence-electron chi connectivity index (χ4n) is 2.72. The standard InChI is InChI=1S/C20H19FN2O4.ClH/c1-12(22-11-13-3-7-15(21)8-4-13)19-17(20(24)25)18(23-27-19)14-5-9-16(26-2)10-6-14;/h3-10,12,22H,11H2,1-2H3,(H,24,25);1H/t12-;/m1./s1. The Labute approximate surface area is 167 Å². The second-order valence-corrected chi connectivity index (χ2v) is 6.03. The zero-order valence-corrected chi connectivity index (χ0v) is 16.1. The highest BCUT2D eigenvalue weighted by Crippen LogP contribution is 2.30. The minimum absolute atomic E-state index is 0. The maximum absolute atomic E-state index is 13.0. The third-order valence-corrected chi connectivity index (χ3v) is 4.21. The number of carbonyl (C=O) groups is 1. The van der Waals surface area contributed by atoms with Gasteiger partial charge in [0, 0.05) is 12.1 Å². The van der Waals surface area contributed by atoms with Crippen molar-refractivity contribution in [3.05, 3.63) is 71.2 Å². The zero-order valence-electron chi connectivity index (χ0n) is 15.3. The third-order valence-electron chi connectivity index (χ3n) is 4.21. The number of ether oxygens (including phenoxy) is 1. The molecule has 0 radical (unpaired) electrons. The fraction of sp³-hybridized carbons (Fsp3) is 0.200. The summed E-state index contributed by atoms with van der Waals surface area (Å²) in [6.07, 6.45) is 0. The molecular weight excluding hydrogens is 387 g/mol. The number of carboxylic acid groups (broad SMARTS) is 1. The molecule has 0 saturated heterocycles. The number of nitrogens with one attached hydrogen (secondary N) is 1. The molecule has 0 aliphatic rings. The first-order valence-electron chi connectivity index (χ1n) is 8.34. The summed E-state index contributed by atoms with van der Waals surface area (Å²) >= 11 is 0. The summed E-state index contributed by atoms with van der Waals surface area (Å²) in [4.78, 5) is 11.8. The van der Waals surface area contributed by atoms with Crippen molar-refractivity contribution in [2.24, 2.45) is 0 Å². The van der Waals surface area contributed by atoms with Crippen molar-refractivity contribution in [1.29, 1.82) is 0 Å². The lowest BCUT2D eigenvalue weighted by atomic mass is 10.0. The van der Waals surface area contributed by atoms with Gasteiger partial charge in [0.15, 0.2) is 5.76 Å². The Morgan fingerprint density at radius 3 is 2.43 bits per heavy atom. The van der Waals surface area contributed by atoms with Crippen molar-refractivity contribution in [3.63, 3.8) is 0 Å². The number of nitrogens with zero attached hydrogens (tertiary/aromatic N) is 1. The van der Waals surface area contributed by atoms with Crippen LogP contribution in [-0.4, -0.2) is 23.3 Å². The summed E-state index contributed by atoms with van der Waals surface area (Å²) in [5, 5.41) is 16.8. The van der Waals surface area contributed by atoms with Crippen LogP contribution in [0.15, 0.2) is 53.1 Å². The fourth-order valence-corrected chi connectivity index (χ4v) is 2.72. The van der Waals surface area contributed by atoms with E-state index in [-0.39, 0.29) is 35.2 Å². The molecule has 1 aromatic heterocycles. The number of halogens is 2. The Hall–Kier alpha value is -2.90. The van der Waals surface area contributed by atoms with E-state index >= 15 is 0 Å². The van der Waals surface area contributed by atoms with Crippen LogP contribution in [0.4, 0.5) is 4.39 Å². The average molecular weight is 407 g/mol. The van der Waals surface area contributed by atoms with E-state index in [2.05, 4.69) is 10.5 Å². The van der Waals surface area contributed by atoms with Gasteiger partial charge in [-0.1, -0.05) is 17.3 Å². The number of carboxylic acids is 1. The van der Waals surface area contributed by atoms with E-state index < -0.39 is 12.0 Å². The van der Waals surface area contributed by atoms with Gasteiger partial charge in [0.2, 0.25) is 0 Å². The summed E-state index contributed by atoms with van der Waals surface area (Å²) in [5.41, 5.74) is 1.76. The van der Waals surface area contributed by atoms with Gasteiger partial charge < -0.3 is 19.7 Å². The summed E-state index contributed by atoms with van der Waals surface area (Å²) in [6.45, 7) is 2.22. The maximum atomic E-state index is 13.0. The summed E-state index contributed by atoms with van der Waals surface area (Å²) in [5.74, 6) is -0.532. The van der Waals surface area contributed by atoms with Gasteiger partial charge in [-0.15, -0.1) is 12.4 Å². The van der Waals surface area contributed by atoms with Crippen LogP contribution in [0.1, 0.15) is 34.6 Å². The molecular formula is C20H20ClFN2O4. The van der Waals surface area contributed by atoms with Gasteiger partial charge in [0.1, 0.15) is 22.8 Å². The molecule has 0 bridgehead atoms. The molecule has 0 aliphatic heterocycles. The van der Waals surface area contributed by atoms with Gasteiger partial charge in [-0.3, -0.25) is 0 Å². The maximum Gasteiger partial charge on any atom is 0.341 e. The second-order valence-electron chi connectivity index (χ2n) is 6.03. The van der Waals surface area contributed by atoms with Crippen LogP contribution in [0.5, 0.6) is 5.75 Å². The highest BCUT2D eigenvalue weighted by Gasteiger charge is 2.27. The molecule has 0 aliphatic carbocycles. The molecule has 3 aromatic rings. The molecule has 3 rings (SSSR count). The van der Waals surface area contributed by atoms with Crippen LogP contribution in [0.25, 0.3) is 11.3 Å². The smallest absolute Gasteiger partial charge is 0.341 e. The average Bonchev–Trinajstić information content (AvgIpc) is 3.13. The first-order chi connectivity index (χ1) is 13.0. The number of aromatic nitrogens is 1. The lowest BCUT2D eigenvalue weighted by Crippen LogP contribution is -2.19. The van der Waals surface area contributed by atoms with E-state index in [4.69, 9.17) is 9.26 Å². The van der Waals surface area contributed by atoms with Crippen LogP contribution in [0.3, 0.4) is 0 Å². The monoisotopic (exact) mass is 406 g/mol. The lowest BCUT2D eigenvalue weighted by molar-refractivity contribution is 0.0694. The third kappa shape index (κ3) is 4.68. The van der Waals surface area contributed by atoms with Crippen molar-refractivity contribution in [2.45, 2.75) is 19.5 Å². The van der Waals surface area contributed by atoms with E-state index in [0.29, 0.717) is 17.9 Å². The Morgan fingerprint density at radius 1 is 1.21 bits per heavy atom. The Morgan fingerprint density at radius 2 is 1.86 bits per heavy atom. The van der Waals surface area contributed by atoms with Gasteiger partial charge in [-0.2, -0.15) is 0 Å². The number of hydrogen-bond acceptors (Lipinski definition) is 5. The lowest BCUT2D eigenvalue weighted by Gasteiger charge is -2.12. The minimum atomic E-state index is -1.12. The van der Waals surface area contributed by atoms with E-state index in [0.717, 1.165) is 5.56 Å². The molecule has 148 valence electrons. The molecule has 0 unspecified atom stereocenters. The normalized spacial score (nSPS) is 11.5. The van der Waals surface area contributed by atoms with Gasteiger partial charge in [0.25, 0.3) is 0 Å². The van der Waals surface area contributed by atoms with Crippen molar-refractivity contribution in [2.75, 3.05) is 7.11 Å². The summed E-state index contributed by atoms with van der Waals surface area (Å²) in [7, 11) is 1.56. The minimum Gasteiger partial charge on any atom is -0.497 e. The second kappa shape index (κ2) is 9.34. The number of benzene rings is 2. The van der Waals surface area contributed by atoms with Crippen LogP contribution in [0, 0.1) is 5.82 Å². The first kappa shape index (κ1) is 21.4. The Bertz CT molecular complexity index is 926. The van der Waals surface area contributed by atoms with E-state index in [9.17, 15) is 14.3 Å². The van der Waals surface area contributed by atoms with Crippen molar-refractivity contribution < 1.29 is 23.6 Å². The predicted molar refractivity (Wildman–Crippen MR) is 104 cm³/mol. The molecule has 0 amide bonds. The molecule has 0 spiro atoms. The molecule has 2 N–H and O–H groups in total. The van der Waals surface area contributed by atoms with Gasteiger partial charge >= 0.3 is 5.97 Å². The van der Waals surface area contributed by atoms with Crippen molar-refractivity contribution in [1.82, 2.24) is 10.5 Å². The van der Waals surface area contributed by atoms with Crippen molar-refractivity contribution >= 4 is 18.4 Å². The number of methoxy groups -OCH3 is 1. The highest BCUT2D eigenvalue weighted by atomic mass is 35.5. The quantitative estimate of drug-likeness (QED) is 0.602. The Balaban J connectivity index is 0.00000280. The van der Waals surface area contributed by atoms with Gasteiger partial charge in [0.05, 0.1) is 13.2 Å². The molecule has 8 heteroatoms. The molecule has 0 fully saturated rings. The first-order valence-corrected chi connectivity index (χ1v) is 8.34. The molecule has 0 saturated carbocycles. The van der Waals surface area contributed by atoms with E-state index in [1.807, 2.05) is 0 Å². The van der Waals surface area contributed by atoms with Crippen molar-refractivity contribution in [3.8, 4) is 17.0 Å². The number of rotatable bonds is 7. The van der Waals surface area contributed by atoms with E-state index in [1.54, 1.807) is 50.4 Å². The zero-order chi connectivity index (χ0) is 19.4. The number of hydrogen-bond donors (Lipinski definition) is 2. The Kier molecular flexibility index (Phi) is 7.14. The SMILES string of the molecule is COc1ccc(-c2noc([C@@H](C)NCc3ccc(F)cc3)c2C(=O)O)cc1.Cl. The topological polar surface area (TPSA) is 84.6 Å². The molecule has 2 aromatic carbocycles.